The van der Waals surface area contributed by atoms with E-state index in [1.54, 1.807) is 7.11 Å². The first-order valence-electron chi connectivity index (χ1n) is 7.15. The van der Waals surface area contributed by atoms with Gasteiger partial charge in [-0.3, -0.25) is 4.79 Å². The number of hydrogen-bond donors (Lipinski definition) is 1. The Kier molecular flexibility index (Phi) is 4.99. The smallest absolute Gasteiger partial charge is 0.251 e. The highest BCUT2D eigenvalue weighted by molar-refractivity contribution is 5.94. The number of carbonyl (C=O) groups excluding carboxylic acids is 1. The first-order valence-corrected chi connectivity index (χ1v) is 7.15. The Bertz CT molecular complexity index is 605. The van der Waals surface area contributed by atoms with E-state index in [9.17, 15) is 4.79 Å². The summed E-state index contributed by atoms with van der Waals surface area (Å²) in [5.41, 5.74) is 2.86. The second-order valence-corrected chi connectivity index (χ2v) is 5.08. The lowest BCUT2D eigenvalue weighted by Crippen LogP contribution is -2.28. The Labute approximate surface area is 126 Å². The molecular formula is C18H21NO2. The third-order valence-corrected chi connectivity index (χ3v) is 3.51. The van der Waals surface area contributed by atoms with Crippen molar-refractivity contribution in [2.75, 3.05) is 7.11 Å². The van der Waals surface area contributed by atoms with Gasteiger partial charge in [-0.1, -0.05) is 36.8 Å². The fourth-order valence-corrected chi connectivity index (χ4v) is 2.29. The average Bonchev–Trinajstić information content (AvgIpc) is 2.52. The normalized spacial score (nSPS) is 11.8. The van der Waals surface area contributed by atoms with E-state index in [0.29, 0.717) is 5.56 Å². The number of benzene rings is 2. The maximum atomic E-state index is 12.3. The maximum absolute atomic E-state index is 12.3. The minimum Gasteiger partial charge on any atom is -0.497 e. The molecule has 1 amide bonds. The van der Waals surface area contributed by atoms with Crippen molar-refractivity contribution in [2.24, 2.45) is 0 Å². The number of carbonyl (C=O) groups is 1. The molecule has 0 aliphatic heterocycles. The molecule has 0 heterocycles. The predicted molar refractivity (Wildman–Crippen MR) is 84.7 cm³/mol. The van der Waals surface area contributed by atoms with E-state index in [4.69, 9.17) is 4.74 Å². The van der Waals surface area contributed by atoms with E-state index in [1.165, 1.54) is 0 Å². The summed E-state index contributed by atoms with van der Waals surface area (Å²) in [6.45, 7) is 4.04. The minimum absolute atomic E-state index is 0.00363. The molecule has 110 valence electrons. The lowest BCUT2D eigenvalue weighted by molar-refractivity contribution is 0.0935. The van der Waals surface area contributed by atoms with Gasteiger partial charge in [-0.05, 0) is 43.2 Å². The number of nitrogens with one attached hydrogen (secondary N) is 1. The molecule has 1 atom stereocenters. The molecule has 0 fully saturated rings. The Morgan fingerprint density at radius 2 is 1.90 bits per heavy atom. The number of hydrogen-bond acceptors (Lipinski definition) is 2. The van der Waals surface area contributed by atoms with Gasteiger partial charge < -0.3 is 10.1 Å². The summed E-state index contributed by atoms with van der Waals surface area (Å²) >= 11 is 0. The summed E-state index contributed by atoms with van der Waals surface area (Å²) in [6, 6.07) is 15.4. The standard InChI is InChI=1S/C18H21NO2/c1-4-17(14-8-10-16(21-3)11-9-14)19-18(20)15-7-5-6-13(2)12-15/h5-12,17H,4H2,1-3H3,(H,19,20). The van der Waals surface area contributed by atoms with Crippen molar-refractivity contribution in [3.05, 3.63) is 65.2 Å². The fraction of sp³-hybridized carbons (Fsp3) is 0.278. The van der Waals surface area contributed by atoms with Gasteiger partial charge in [0.2, 0.25) is 0 Å². The van der Waals surface area contributed by atoms with Gasteiger partial charge in [0.1, 0.15) is 5.75 Å². The van der Waals surface area contributed by atoms with Crippen LogP contribution in [0.4, 0.5) is 0 Å². The van der Waals surface area contributed by atoms with Gasteiger partial charge >= 0.3 is 0 Å². The van der Waals surface area contributed by atoms with E-state index >= 15 is 0 Å². The van der Waals surface area contributed by atoms with Crippen LogP contribution >= 0.6 is 0 Å². The molecular weight excluding hydrogens is 262 g/mol. The molecule has 21 heavy (non-hydrogen) atoms. The SMILES string of the molecule is CCC(NC(=O)c1cccc(C)c1)c1ccc(OC)cc1. The van der Waals surface area contributed by atoms with Crippen LogP contribution in [0.5, 0.6) is 5.75 Å². The van der Waals surface area contributed by atoms with E-state index in [2.05, 4.69) is 12.2 Å². The van der Waals surface area contributed by atoms with Gasteiger partial charge in [-0.25, -0.2) is 0 Å². The van der Waals surface area contributed by atoms with E-state index < -0.39 is 0 Å². The van der Waals surface area contributed by atoms with Crippen molar-refractivity contribution < 1.29 is 9.53 Å². The lowest BCUT2D eigenvalue weighted by atomic mass is 10.0. The van der Waals surface area contributed by atoms with Crippen molar-refractivity contribution in [3.8, 4) is 5.75 Å². The Morgan fingerprint density at radius 3 is 2.48 bits per heavy atom. The third-order valence-electron chi connectivity index (χ3n) is 3.51. The van der Waals surface area contributed by atoms with Gasteiger partial charge in [0.25, 0.3) is 5.91 Å². The van der Waals surface area contributed by atoms with Crippen molar-refractivity contribution >= 4 is 5.91 Å². The zero-order valence-electron chi connectivity index (χ0n) is 12.7. The maximum Gasteiger partial charge on any atom is 0.251 e. The highest BCUT2D eigenvalue weighted by atomic mass is 16.5. The van der Waals surface area contributed by atoms with Gasteiger partial charge in [-0.15, -0.1) is 0 Å². The monoisotopic (exact) mass is 283 g/mol. The topological polar surface area (TPSA) is 38.3 Å². The quantitative estimate of drug-likeness (QED) is 0.904. The van der Waals surface area contributed by atoms with Crippen molar-refractivity contribution in [3.63, 3.8) is 0 Å². The first kappa shape index (κ1) is 15.1. The average molecular weight is 283 g/mol. The molecule has 3 nitrogen and oxygen atoms in total. The van der Waals surface area contributed by atoms with Gasteiger partial charge in [0, 0.05) is 5.56 Å². The molecule has 0 saturated carbocycles. The van der Waals surface area contributed by atoms with Crippen LogP contribution < -0.4 is 10.1 Å². The molecule has 0 bridgehead atoms. The van der Waals surface area contributed by atoms with Crippen molar-refractivity contribution in [2.45, 2.75) is 26.3 Å². The lowest BCUT2D eigenvalue weighted by Gasteiger charge is -2.18. The minimum atomic E-state index is -0.0404. The van der Waals surface area contributed by atoms with E-state index in [-0.39, 0.29) is 11.9 Å². The van der Waals surface area contributed by atoms with Crippen LogP contribution in [0.25, 0.3) is 0 Å². The summed E-state index contributed by atoms with van der Waals surface area (Å²) in [6.07, 6.45) is 0.837. The summed E-state index contributed by atoms with van der Waals surface area (Å²) in [5, 5.41) is 3.08. The van der Waals surface area contributed by atoms with Crippen LogP contribution in [0.15, 0.2) is 48.5 Å². The second-order valence-electron chi connectivity index (χ2n) is 5.08. The number of methoxy groups -OCH3 is 1. The largest absolute Gasteiger partial charge is 0.497 e. The Balaban J connectivity index is 2.12. The van der Waals surface area contributed by atoms with E-state index in [1.807, 2.05) is 55.5 Å². The van der Waals surface area contributed by atoms with Crippen LogP contribution in [0.1, 0.15) is 40.9 Å². The third kappa shape index (κ3) is 3.85. The number of rotatable bonds is 5. The molecule has 0 spiro atoms. The summed E-state index contributed by atoms with van der Waals surface area (Å²) < 4.78 is 5.16. The molecule has 0 aliphatic carbocycles. The second kappa shape index (κ2) is 6.93. The van der Waals surface area contributed by atoms with Crippen molar-refractivity contribution in [1.29, 1.82) is 0 Å². The number of ether oxygens (including phenoxy) is 1. The molecule has 2 aromatic rings. The Morgan fingerprint density at radius 1 is 1.19 bits per heavy atom. The van der Waals surface area contributed by atoms with Gasteiger partial charge in [0.15, 0.2) is 0 Å². The van der Waals surface area contributed by atoms with Gasteiger partial charge in [0.05, 0.1) is 13.2 Å². The highest BCUT2D eigenvalue weighted by Gasteiger charge is 2.14. The molecule has 0 aliphatic rings. The van der Waals surface area contributed by atoms with Crippen LogP contribution in [-0.2, 0) is 0 Å². The summed E-state index contributed by atoms with van der Waals surface area (Å²) in [7, 11) is 1.64. The molecule has 0 radical (unpaired) electrons. The summed E-state index contributed by atoms with van der Waals surface area (Å²) in [5.74, 6) is 0.778. The molecule has 1 unspecified atom stereocenters. The van der Waals surface area contributed by atoms with E-state index in [0.717, 1.165) is 23.3 Å². The number of amides is 1. The molecule has 2 rings (SSSR count). The fourth-order valence-electron chi connectivity index (χ4n) is 2.29. The molecule has 0 saturated heterocycles. The van der Waals surface area contributed by atoms with Crippen LogP contribution in [0.2, 0.25) is 0 Å². The van der Waals surface area contributed by atoms with Crippen LogP contribution in [-0.4, -0.2) is 13.0 Å². The van der Waals surface area contributed by atoms with Crippen LogP contribution in [0.3, 0.4) is 0 Å². The van der Waals surface area contributed by atoms with Crippen LogP contribution in [0, 0.1) is 6.92 Å². The van der Waals surface area contributed by atoms with Gasteiger partial charge in [-0.2, -0.15) is 0 Å². The van der Waals surface area contributed by atoms with Crippen molar-refractivity contribution in [1.82, 2.24) is 5.32 Å². The summed E-state index contributed by atoms with van der Waals surface area (Å²) in [4.78, 5) is 12.3. The molecule has 2 aromatic carbocycles. The zero-order chi connectivity index (χ0) is 15.2. The zero-order valence-corrected chi connectivity index (χ0v) is 12.7. The number of aryl methyl sites for hydroxylation is 1. The molecule has 3 heteroatoms. The predicted octanol–water partition coefficient (Wildman–Crippen LogP) is 3.88. The molecule has 1 N–H and O–H groups in total. The highest BCUT2D eigenvalue weighted by Crippen LogP contribution is 2.20. The Hall–Kier alpha value is -2.29. The molecule has 0 aromatic heterocycles. The first-order chi connectivity index (χ1) is 10.1.